The summed E-state index contributed by atoms with van der Waals surface area (Å²) in [5.41, 5.74) is 6.59. The molecule has 6 heteroatoms. The lowest BCUT2D eigenvalue weighted by Gasteiger charge is -2.26. The highest BCUT2D eigenvalue weighted by Crippen LogP contribution is 2.35. The molecule has 1 aromatic carbocycles. The first-order valence-corrected chi connectivity index (χ1v) is 7.48. The van der Waals surface area contributed by atoms with Crippen LogP contribution in [0.3, 0.4) is 0 Å². The first-order valence-electron chi connectivity index (χ1n) is 6.07. The highest BCUT2D eigenvalue weighted by molar-refractivity contribution is 8.00. The number of benzene rings is 1. The van der Waals surface area contributed by atoms with Gasteiger partial charge in [0.15, 0.2) is 6.29 Å². The molecule has 0 saturated carbocycles. The van der Waals surface area contributed by atoms with Crippen molar-refractivity contribution in [3.63, 3.8) is 0 Å². The van der Waals surface area contributed by atoms with Crippen LogP contribution in [0.2, 0.25) is 0 Å². The fourth-order valence-corrected chi connectivity index (χ4v) is 3.69. The molecule has 1 aliphatic heterocycles. The molecule has 1 aromatic rings. The molecule has 19 heavy (non-hydrogen) atoms. The zero-order chi connectivity index (χ0) is 13.8. The highest BCUT2D eigenvalue weighted by Gasteiger charge is 2.23. The minimum absolute atomic E-state index is 0.0548. The van der Waals surface area contributed by atoms with Gasteiger partial charge in [0.05, 0.1) is 12.0 Å². The molecule has 2 atom stereocenters. The molecule has 1 heterocycles. The van der Waals surface area contributed by atoms with Crippen molar-refractivity contribution in [2.75, 3.05) is 6.54 Å². The Labute approximate surface area is 121 Å². The topological polar surface area (TPSA) is 57.2 Å². The zero-order valence-electron chi connectivity index (χ0n) is 10.3. The molecule has 103 valence electrons. The molecule has 1 radical (unpaired) electrons. The van der Waals surface area contributed by atoms with Gasteiger partial charge in [0.1, 0.15) is 5.82 Å². The standard InChI is InChI=1S/C13H15ClFN2OS/c14-5-10-11(15)3-1-8(7-18)13(10)19-9-2-4-12(16)17-6-9/h1,3,7,9,12H,2,4-6,16H2. The number of nitrogens with two attached hydrogens (primary N) is 1. The van der Waals surface area contributed by atoms with Crippen LogP contribution in [0.25, 0.3) is 0 Å². The normalized spacial score (nSPS) is 23.3. The second kappa shape index (κ2) is 6.70. The summed E-state index contributed by atoms with van der Waals surface area (Å²) in [5.74, 6) is -0.313. The average molecular weight is 302 g/mol. The number of thioether (sulfide) groups is 1. The second-order valence-corrected chi connectivity index (χ2v) is 6.02. The van der Waals surface area contributed by atoms with E-state index in [2.05, 4.69) is 5.32 Å². The number of rotatable bonds is 4. The van der Waals surface area contributed by atoms with Crippen molar-refractivity contribution >= 4 is 29.6 Å². The number of alkyl halides is 1. The summed E-state index contributed by atoms with van der Waals surface area (Å²) >= 11 is 7.27. The minimum Gasteiger partial charge on any atom is -0.315 e. The number of carbonyl (C=O) groups excluding carboxylic acids is 1. The molecule has 1 fully saturated rings. The van der Waals surface area contributed by atoms with Gasteiger partial charge in [0.2, 0.25) is 0 Å². The third kappa shape index (κ3) is 3.48. The van der Waals surface area contributed by atoms with Crippen LogP contribution in [0.15, 0.2) is 17.0 Å². The van der Waals surface area contributed by atoms with E-state index >= 15 is 0 Å². The zero-order valence-corrected chi connectivity index (χ0v) is 11.9. The van der Waals surface area contributed by atoms with Gasteiger partial charge in [-0.1, -0.05) is 0 Å². The third-order valence-corrected chi connectivity index (χ3v) is 4.81. The molecule has 1 aliphatic rings. The summed E-state index contributed by atoms with van der Waals surface area (Å²) in [6, 6.07) is 2.78. The molecular formula is C13H15ClFN2OS. The Morgan fingerprint density at radius 3 is 2.89 bits per heavy atom. The fraction of sp³-hybridized carbons (Fsp3) is 0.462. The van der Waals surface area contributed by atoms with Crippen LogP contribution in [-0.4, -0.2) is 24.2 Å². The molecule has 0 aromatic heterocycles. The quantitative estimate of drug-likeness (QED) is 0.687. The maximum atomic E-state index is 13.7. The van der Waals surface area contributed by atoms with E-state index < -0.39 is 0 Å². The molecule has 1 saturated heterocycles. The number of piperidine rings is 1. The Hall–Kier alpha value is -0.620. The second-order valence-electron chi connectivity index (χ2n) is 4.45. The van der Waals surface area contributed by atoms with E-state index in [-0.39, 0.29) is 23.1 Å². The number of aldehydes is 1. The monoisotopic (exact) mass is 301 g/mol. The maximum Gasteiger partial charge on any atom is 0.151 e. The van der Waals surface area contributed by atoms with Crippen molar-refractivity contribution in [3.8, 4) is 0 Å². The van der Waals surface area contributed by atoms with E-state index in [9.17, 15) is 9.18 Å². The first kappa shape index (κ1) is 14.8. The smallest absolute Gasteiger partial charge is 0.151 e. The van der Waals surface area contributed by atoms with Gasteiger partial charge in [-0.05, 0) is 25.0 Å². The Morgan fingerprint density at radius 1 is 1.53 bits per heavy atom. The molecule has 2 unspecified atom stereocenters. The number of carbonyl (C=O) groups is 1. The fourth-order valence-electron chi connectivity index (χ4n) is 2.03. The first-order chi connectivity index (χ1) is 9.15. The van der Waals surface area contributed by atoms with Crippen LogP contribution < -0.4 is 11.1 Å². The molecule has 2 N–H and O–H groups in total. The third-order valence-electron chi connectivity index (χ3n) is 3.11. The van der Waals surface area contributed by atoms with Crippen LogP contribution in [0, 0.1) is 5.82 Å². The van der Waals surface area contributed by atoms with E-state index in [1.165, 1.54) is 23.9 Å². The van der Waals surface area contributed by atoms with E-state index in [0.29, 0.717) is 22.6 Å². The number of nitrogens with zero attached hydrogens (tertiary/aromatic N) is 1. The summed E-state index contributed by atoms with van der Waals surface area (Å²) in [6.07, 6.45) is 2.37. The Balaban J connectivity index is 2.22. The summed E-state index contributed by atoms with van der Waals surface area (Å²) in [7, 11) is 0. The van der Waals surface area contributed by atoms with Crippen LogP contribution in [0.1, 0.15) is 28.8 Å². The van der Waals surface area contributed by atoms with Crippen LogP contribution in [0.5, 0.6) is 0 Å². The van der Waals surface area contributed by atoms with Gasteiger partial charge < -0.3 is 5.73 Å². The largest absolute Gasteiger partial charge is 0.315 e. The number of hydrogen-bond donors (Lipinski definition) is 1. The van der Waals surface area contributed by atoms with E-state index in [4.69, 9.17) is 17.3 Å². The Kier molecular flexibility index (Phi) is 5.21. The van der Waals surface area contributed by atoms with Gasteiger partial charge in [-0.2, -0.15) is 0 Å². The van der Waals surface area contributed by atoms with Crippen LogP contribution in [0.4, 0.5) is 4.39 Å². The summed E-state index contributed by atoms with van der Waals surface area (Å²) in [6.45, 7) is 0.627. The van der Waals surface area contributed by atoms with Gasteiger partial charge in [0.25, 0.3) is 0 Å². The SMILES string of the molecule is NC1CCC(Sc2c(C=O)ccc(F)c2CCl)C[N]1. The maximum absolute atomic E-state index is 13.7. The lowest BCUT2D eigenvalue weighted by Crippen LogP contribution is -2.40. The highest BCUT2D eigenvalue weighted by atomic mass is 35.5. The van der Waals surface area contributed by atoms with Crippen molar-refractivity contribution in [1.29, 1.82) is 0 Å². The number of hydrogen-bond acceptors (Lipinski definition) is 3. The Morgan fingerprint density at radius 2 is 2.32 bits per heavy atom. The molecule has 3 nitrogen and oxygen atoms in total. The van der Waals surface area contributed by atoms with Crippen molar-refractivity contribution < 1.29 is 9.18 Å². The molecule has 0 aliphatic carbocycles. The molecule has 2 rings (SSSR count). The van der Waals surface area contributed by atoms with Crippen molar-refractivity contribution in [2.24, 2.45) is 5.73 Å². The van der Waals surface area contributed by atoms with Gasteiger partial charge in [-0.15, -0.1) is 23.4 Å². The Bertz CT molecular complexity index is 464. The van der Waals surface area contributed by atoms with Gasteiger partial charge in [0, 0.05) is 27.8 Å². The van der Waals surface area contributed by atoms with Crippen molar-refractivity contribution in [1.82, 2.24) is 5.32 Å². The molecular weight excluding hydrogens is 287 g/mol. The van der Waals surface area contributed by atoms with Gasteiger partial charge >= 0.3 is 0 Å². The summed E-state index contributed by atoms with van der Waals surface area (Å²) in [5, 5.41) is 4.51. The molecule has 0 spiro atoms. The van der Waals surface area contributed by atoms with Crippen molar-refractivity contribution in [3.05, 3.63) is 29.1 Å². The van der Waals surface area contributed by atoms with Crippen molar-refractivity contribution in [2.45, 2.75) is 35.0 Å². The molecule has 0 bridgehead atoms. The minimum atomic E-state index is -0.368. The summed E-state index contributed by atoms with van der Waals surface area (Å²) in [4.78, 5) is 11.7. The van der Waals surface area contributed by atoms with Crippen LogP contribution >= 0.6 is 23.4 Å². The van der Waals surface area contributed by atoms with Crippen LogP contribution in [-0.2, 0) is 5.88 Å². The van der Waals surface area contributed by atoms with E-state index in [0.717, 1.165) is 19.1 Å². The van der Waals surface area contributed by atoms with E-state index in [1.54, 1.807) is 0 Å². The lowest BCUT2D eigenvalue weighted by atomic mass is 10.1. The van der Waals surface area contributed by atoms with Gasteiger partial charge in [-0.3, -0.25) is 4.79 Å². The van der Waals surface area contributed by atoms with Gasteiger partial charge in [-0.25, -0.2) is 9.71 Å². The van der Waals surface area contributed by atoms with E-state index in [1.807, 2.05) is 0 Å². The number of halogens is 2. The average Bonchev–Trinajstić information content (AvgIpc) is 2.42. The lowest BCUT2D eigenvalue weighted by molar-refractivity contribution is 0.112. The predicted molar refractivity (Wildman–Crippen MR) is 75.2 cm³/mol. The molecule has 0 amide bonds. The predicted octanol–water partition coefficient (Wildman–Crippen LogP) is 2.52. The summed E-state index contributed by atoms with van der Waals surface area (Å²) < 4.78 is 13.7.